The highest BCUT2D eigenvalue weighted by atomic mass is 19.4. The molecule has 1 amide bonds. The molecule has 0 spiro atoms. The normalized spacial score (nSPS) is 30.6. The number of hydrogen-bond donors (Lipinski definition) is 1. The van der Waals surface area contributed by atoms with Crippen molar-refractivity contribution in [2.24, 2.45) is 0 Å². The molecular formula is C22H39F3N4O2. The molecule has 3 aliphatic rings. The van der Waals surface area contributed by atoms with Gasteiger partial charge in [0.2, 0.25) is 5.91 Å². The van der Waals surface area contributed by atoms with Crippen LogP contribution in [0.2, 0.25) is 0 Å². The molecule has 0 aromatic rings. The highest BCUT2D eigenvalue weighted by molar-refractivity contribution is 5.82. The Labute approximate surface area is 184 Å². The van der Waals surface area contributed by atoms with Gasteiger partial charge in [-0.2, -0.15) is 13.2 Å². The molecule has 0 aliphatic carbocycles. The number of likely N-dealkylation sites (tertiary alicyclic amines) is 2. The second-order valence-corrected chi connectivity index (χ2v) is 10.2. The number of piperidine rings is 1. The minimum Gasteiger partial charge on any atom is -0.373 e. The topological polar surface area (TPSA) is 48.1 Å². The summed E-state index contributed by atoms with van der Waals surface area (Å²) in [5.74, 6) is 0.0534. The highest BCUT2D eigenvalue weighted by Gasteiger charge is 2.40. The first-order chi connectivity index (χ1) is 14.4. The van der Waals surface area contributed by atoms with E-state index in [0.717, 1.165) is 32.5 Å². The van der Waals surface area contributed by atoms with Crippen LogP contribution in [-0.2, 0) is 9.53 Å². The van der Waals surface area contributed by atoms with E-state index in [-0.39, 0.29) is 35.7 Å². The maximum absolute atomic E-state index is 13.1. The van der Waals surface area contributed by atoms with Gasteiger partial charge in [-0.1, -0.05) is 0 Å². The number of morpholine rings is 1. The smallest absolute Gasteiger partial charge is 0.373 e. The summed E-state index contributed by atoms with van der Waals surface area (Å²) in [5.41, 5.74) is -0.172. The molecule has 0 saturated carbocycles. The standard InChI is InChI=1S/C22H39F3N4O2/c1-16-12-28(13-17(2)31-16)21(3,4)14-26-20(30)19-6-5-9-29(19)18-7-10-27(11-8-18)15-22(23,24)25/h16-19H,5-15H2,1-4H3,(H,26,30)/t16-,17-,19+/m1/s1. The number of hydrogen-bond acceptors (Lipinski definition) is 5. The van der Waals surface area contributed by atoms with Crippen molar-refractivity contribution in [1.29, 1.82) is 0 Å². The molecule has 3 fully saturated rings. The summed E-state index contributed by atoms with van der Waals surface area (Å²) in [7, 11) is 0. The molecule has 31 heavy (non-hydrogen) atoms. The van der Waals surface area contributed by atoms with E-state index in [1.165, 1.54) is 4.90 Å². The molecule has 0 radical (unpaired) electrons. The lowest BCUT2D eigenvalue weighted by molar-refractivity contribution is -0.149. The Hall–Kier alpha value is -0.900. The first kappa shape index (κ1) is 24.7. The first-order valence-electron chi connectivity index (χ1n) is 11.7. The van der Waals surface area contributed by atoms with Crippen LogP contribution in [-0.4, -0.2) is 102 Å². The predicted octanol–water partition coefficient (Wildman–Crippen LogP) is 2.48. The second-order valence-electron chi connectivity index (χ2n) is 10.2. The van der Waals surface area contributed by atoms with Crippen LogP contribution >= 0.6 is 0 Å². The van der Waals surface area contributed by atoms with Gasteiger partial charge >= 0.3 is 6.18 Å². The molecule has 180 valence electrons. The van der Waals surface area contributed by atoms with Gasteiger partial charge in [-0.05, 0) is 73.0 Å². The van der Waals surface area contributed by atoms with E-state index in [2.05, 4.69) is 42.8 Å². The lowest BCUT2D eigenvalue weighted by atomic mass is 9.99. The minimum absolute atomic E-state index is 0.0534. The fraction of sp³-hybridized carbons (Fsp3) is 0.955. The van der Waals surface area contributed by atoms with Gasteiger partial charge in [0.25, 0.3) is 0 Å². The summed E-state index contributed by atoms with van der Waals surface area (Å²) in [6.45, 7) is 11.6. The van der Waals surface area contributed by atoms with Crippen LogP contribution in [0.25, 0.3) is 0 Å². The van der Waals surface area contributed by atoms with Crippen LogP contribution in [0.3, 0.4) is 0 Å². The maximum atomic E-state index is 13.1. The van der Waals surface area contributed by atoms with Gasteiger partial charge < -0.3 is 10.1 Å². The Balaban J connectivity index is 1.50. The monoisotopic (exact) mass is 448 g/mol. The number of alkyl halides is 3. The average Bonchev–Trinajstić information content (AvgIpc) is 3.14. The third-order valence-electron chi connectivity index (χ3n) is 7.00. The van der Waals surface area contributed by atoms with E-state index in [9.17, 15) is 18.0 Å². The third-order valence-corrected chi connectivity index (χ3v) is 7.00. The quantitative estimate of drug-likeness (QED) is 0.677. The van der Waals surface area contributed by atoms with Crippen LogP contribution in [0, 0.1) is 0 Å². The Morgan fingerprint density at radius 3 is 2.23 bits per heavy atom. The Bertz CT molecular complexity index is 598. The number of carbonyl (C=O) groups excluding carboxylic acids is 1. The number of nitrogens with one attached hydrogen (secondary N) is 1. The fourth-order valence-electron chi connectivity index (χ4n) is 5.38. The molecule has 3 heterocycles. The predicted molar refractivity (Wildman–Crippen MR) is 114 cm³/mol. The van der Waals surface area contributed by atoms with E-state index >= 15 is 0 Å². The van der Waals surface area contributed by atoms with Crippen molar-refractivity contribution in [2.75, 3.05) is 45.8 Å². The molecule has 0 aromatic heterocycles. The van der Waals surface area contributed by atoms with Crippen LogP contribution in [0.1, 0.15) is 53.4 Å². The SMILES string of the molecule is C[C@@H]1CN(C(C)(C)CNC(=O)[C@@H]2CCCN2C2CCN(CC(F)(F)F)CC2)C[C@@H](C)O1. The molecule has 3 aliphatic heterocycles. The number of ether oxygens (including phenoxy) is 1. The van der Waals surface area contributed by atoms with Crippen LogP contribution in [0.15, 0.2) is 0 Å². The van der Waals surface area contributed by atoms with Gasteiger partial charge in [-0.15, -0.1) is 0 Å². The van der Waals surface area contributed by atoms with Gasteiger partial charge in [0.15, 0.2) is 0 Å². The first-order valence-corrected chi connectivity index (χ1v) is 11.7. The number of halogens is 3. The molecule has 3 saturated heterocycles. The van der Waals surface area contributed by atoms with Gasteiger partial charge in [0.1, 0.15) is 0 Å². The molecule has 0 bridgehead atoms. The molecular weight excluding hydrogens is 409 g/mol. The zero-order chi connectivity index (χ0) is 22.8. The summed E-state index contributed by atoms with van der Waals surface area (Å²) in [5, 5.41) is 3.18. The van der Waals surface area contributed by atoms with Gasteiger partial charge in [-0.3, -0.25) is 19.5 Å². The van der Waals surface area contributed by atoms with Gasteiger partial charge in [0.05, 0.1) is 24.8 Å². The zero-order valence-electron chi connectivity index (χ0n) is 19.4. The molecule has 0 unspecified atom stereocenters. The van der Waals surface area contributed by atoms with Crippen LogP contribution in [0.4, 0.5) is 13.2 Å². The van der Waals surface area contributed by atoms with Gasteiger partial charge in [0, 0.05) is 31.2 Å². The third kappa shape index (κ3) is 6.79. The molecule has 6 nitrogen and oxygen atoms in total. The highest BCUT2D eigenvalue weighted by Crippen LogP contribution is 2.28. The fourth-order valence-corrected chi connectivity index (χ4v) is 5.38. The number of rotatable bonds is 6. The summed E-state index contributed by atoms with van der Waals surface area (Å²) >= 11 is 0. The van der Waals surface area contributed by atoms with E-state index in [0.29, 0.717) is 32.5 Å². The zero-order valence-corrected chi connectivity index (χ0v) is 19.4. The van der Waals surface area contributed by atoms with Crippen molar-refractivity contribution in [3.05, 3.63) is 0 Å². The second kappa shape index (κ2) is 9.93. The maximum Gasteiger partial charge on any atom is 0.401 e. The number of carbonyl (C=O) groups is 1. The lowest BCUT2D eigenvalue weighted by Crippen LogP contribution is -2.60. The van der Waals surface area contributed by atoms with E-state index < -0.39 is 12.7 Å². The summed E-state index contributed by atoms with van der Waals surface area (Å²) < 4.78 is 43.8. The summed E-state index contributed by atoms with van der Waals surface area (Å²) in [6, 6.07) is 0.0224. The number of nitrogens with zero attached hydrogens (tertiary/aromatic N) is 3. The van der Waals surface area contributed by atoms with Crippen molar-refractivity contribution >= 4 is 5.91 Å². The van der Waals surface area contributed by atoms with Crippen molar-refractivity contribution < 1.29 is 22.7 Å². The molecule has 1 N–H and O–H groups in total. The Kier molecular flexibility index (Phi) is 7.92. The molecule has 9 heteroatoms. The van der Waals surface area contributed by atoms with Crippen molar-refractivity contribution in [2.45, 2.75) is 89.4 Å². The molecule has 3 atom stereocenters. The van der Waals surface area contributed by atoms with Crippen molar-refractivity contribution in [3.8, 4) is 0 Å². The summed E-state index contributed by atoms with van der Waals surface area (Å²) in [6.07, 6.45) is -0.640. The molecule has 3 rings (SSSR count). The van der Waals surface area contributed by atoms with Crippen LogP contribution < -0.4 is 5.32 Å². The van der Waals surface area contributed by atoms with Gasteiger partial charge in [-0.25, -0.2) is 0 Å². The lowest BCUT2D eigenvalue weighted by Gasteiger charge is -2.45. The van der Waals surface area contributed by atoms with E-state index in [1.54, 1.807) is 0 Å². The Morgan fingerprint density at radius 1 is 1.03 bits per heavy atom. The van der Waals surface area contributed by atoms with Crippen LogP contribution in [0.5, 0.6) is 0 Å². The van der Waals surface area contributed by atoms with Crippen molar-refractivity contribution in [3.63, 3.8) is 0 Å². The van der Waals surface area contributed by atoms with E-state index in [4.69, 9.17) is 4.74 Å². The van der Waals surface area contributed by atoms with E-state index in [1.807, 2.05) is 0 Å². The van der Waals surface area contributed by atoms with Crippen molar-refractivity contribution in [1.82, 2.24) is 20.0 Å². The molecule has 0 aromatic carbocycles. The average molecular weight is 449 g/mol. The summed E-state index contributed by atoms with van der Waals surface area (Å²) in [4.78, 5) is 19.2. The number of amides is 1. The Morgan fingerprint density at radius 2 is 1.65 bits per heavy atom. The minimum atomic E-state index is -4.15. The largest absolute Gasteiger partial charge is 0.401 e.